The standard InChI is InChI=1S/C47H81N3O14/c1-26(2)7-6-8-27(3)31-11-12-32-30-10-9-28-23-29(15-17-46(28,4)33(30)16-18-47(31,32)5)62-37(55)14-13-36(54)49-21-19-48-20-22-50-44(61)41(59)40(58)43(34(53)24-51)64-45-42(60)39(57)38(56)35(25-52)63-45/h9,26-27,29-35,38-43,45,48,51-53,56-60H,6-8,10-25H2,1-5H3,(H,49,54)(H,50,61)/t27-,29?,30+,31-,32+,33+,34?,35?,38-,39?,40?,41?,42?,43?,45-,46+,47-/m0/s1. The molecular formula is C47H81N3O14. The number of ether oxygens (including phenoxy) is 3. The van der Waals surface area contributed by atoms with Crippen LogP contribution in [0.3, 0.4) is 0 Å². The number of carbonyl (C=O) groups excluding carboxylic acids is 3. The second-order valence-corrected chi connectivity index (χ2v) is 20.5. The number of fused-ring (bicyclic) bond motifs is 5. The zero-order valence-corrected chi connectivity index (χ0v) is 38.8. The van der Waals surface area contributed by atoms with Crippen LogP contribution in [0.5, 0.6) is 0 Å². The Morgan fingerprint density at radius 2 is 1.58 bits per heavy atom. The fourth-order valence-electron chi connectivity index (χ4n) is 12.3. The van der Waals surface area contributed by atoms with Crippen LogP contribution >= 0.6 is 0 Å². The van der Waals surface area contributed by atoms with Crippen LogP contribution in [0.1, 0.15) is 118 Å². The maximum absolute atomic E-state index is 12.9. The lowest BCUT2D eigenvalue weighted by molar-refractivity contribution is -0.326. The first-order chi connectivity index (χ1) is 30.4. The molecule has 2 amide bonds. The summed E-state index contributed by atoms with van der Waals surface area (Å²) in [5, 5.41) is 88.6. The highest BCUT2D eigenvalue weighted by atomic mass is 16.7. The summed E-state index contributed by atoms with van der Waals surface area (Å²) >= 11 is 0. The van der Waals surface area contributed by atoms with Crippen molar-refractivity contribution in [1.82, 2.24) is 16.0 Å². The molecule has 17 heteroatoms. The molecule has 0 radical (unpaired) electrons. The van der Waals surface area contributed by atoms with Crippen molar-refractivity contribution in [3.63, 3.8) is 0 Å². The fraction of sp³-hybridized carbons (Fsp3) is 0.894. The third kappa shape index (κ3) is 12.4. The molecule has 1 aliphatic heterocycles. The molecule has 4 aliphatic carbocycles. The van der Waals surface area contributed by atoms with Crippen LogP contribution in [-0.4, -0.2) is 159 Å². The molecule has 0 aromatic heterocycles. The third-order valence-corrected chi connectivity index (χ3v) is 16.0. The predicted molar refractivity (Wildman–Crippen MR) is 235 cm³/mol. The third-order valence-electron chi connectivity index (χ3n) is 16.0. The van der Waals surface area contributed by atoms with Gasteiger partial charge in [-0.15, -0.1) is 0 Å². The summed E-state index contributed by atoms with van der Waals surface area (Å²) in [6.45, 7) is 11.3. The largest absolute Gasteiger partial charge is 0.462 e. The Morgan fingerprint density at radius 3 is 2.27 bits per heavy atom. The normalized spacial score (nSPS) is 36.1. The zero-order valence-electron chi connectivity index (χ0n) is 38.8. The van der Waals surface area contributed by atoms with Gasteiger partial charge in [-0.2, -0.15) is 0 Å². The Kier molecular flexibility index (Phi) is 19.4. The highest BCUT2D eigenvalue weighted by Gasteiger charge is 2.59. The van der Waals surface area contributed by atoms with Gasteiger partial charge in [0.25, 0.3) is 5.91 Å². The van der Waals surface area contributed by atoms with Crippen LogP contribution in [0.2, 0.25) is 0 Å². The summed E-state index contributed by atoms with van der Waals surface area (Å²) < 4.78 is 16.5. The van der Waals surface area contributed by atoms with Crippen molar-refractivity contribution in [2.45, 2.75) is 179 Å². The summed E-state index contributed by atoms with van der Waals surface area (Å²) in [5.41, 5.74) is 2.06. The van der Waals surface area contributed by atoms with Crippen molar-refractivity contribution in [3.05, 3.63) is 11.6 Å². The highest BCUT2D eigenvalue weighted by Crippen LogP contribution is 2.67. The molecule has 0 aromatic rings. The minimum Gasteiger partial charge on any atom is -0.462 e. The minimum atomic E-state index is -2.18. The van der Waals surface area contributed by atoms with Gasteiger partial charge < -0.3 is 71.0 Å². The molecule has 0 bridgehead atoms. The molecule has 0 spiro atoms. The van der Waals surface area contributed by atoms with E-state index in [4.69, 9.17) is 14.2 Å². The lowest BCUT2D eigenvalue weighted by Crippen LogP contribution is -2.62. The number of esters is 1. The Bertz CT molecular complexity index is 1550. The Hall–Kier alpha value is -2.29. The monoisotopic (exact) mass is 912 g/mol. The average Bonchev–Trinajstić information content (AvgIpc) is 3.63. The molecule has 11 N–H and O–H groups in total. The second kappa shape index (κ2) is 23.6. The molecule has 17 nitrogen and oxygen atoms in total. The number of hydrogen-bond acceptors (Lipinski definition) is 15. The lowest BCUT2D eigenvalue weighted by Gasteiger charge is -2.58. The van der Waals surface area contributed by atoms with Crippen LogP contribution in [0.15, 0.2) is 11.6 Å². The van der Waals surface area contributed by atoms with E-state index in [1.54, 1.807) is 0 Å². The topological polar surface area (TPSA) is 277 Å². The fourth-order valence-corrected chi connectivity index (χ4v) is 12.3. The van der Waals surface area contributed by atoms with Crippen LogP contribution in [0.25, 0.3) is 0 Å². The number of nitrogens with one attached hydrogen (secondary N) is 3. The molecule has 8 unspecified atom stereocenters. The highest BCUT2D eigenvalue weighted by molar-refractivity contribution is 5.81. The van der Waals surface area contributed by atoms with E-state index >= 15 is 0 Å². The first kappa shape index (κ1) is 52.7. The van der Waals surface area contributed by atoms with E-state index < -0.39 is 74.2 Å². The van der Waals surface area contributed by atoms with E-state index in [0.717, 1.165) is 55.3 Å². The molecule has 1 heterocycles. The number of allylic oxidation sites excluding steroid dienone is 1. The first-order valence-corrected chi connectivity index (χ1v) is 24.1. The molecule has 64 heavy (non-hydrogen) atoms. The van der Waals surface area contributed by atoms with Gasteiger partial charge in [0.1, 0.15) is 48.8 Å². The summed E-state index contributed by atoms with van der Waals surface area (Å²) in [6.07, 6.45) is -1.30. The smallest absolute Gasteiger partial charge is 0.306 e. The molecule has 1 saturated heterocycles. The summed E-state index contributed by atoms with van der Waals surface area (Å²) in [5.74, 6) is 2.89. The molecule has 17 atom stereocenters. The molecule has 4 fully saturated rings. The van der Waals surface area contributed by atoms with Gasteiger partial charge in [-0.3, -0.25) is 14.4 Å². The first-order valence-electron chi connectivity index (χ1n) is 24.1. The number of amides is 2. The molecule has 3 saturated carbocycles. The maximum atomic E-state index is 12.9. The van der Waals surface area contributed by atoms with Gasteiger partial charge in [-0.05, 0) is 91.3 Å². The molecular weight excluding hydrogens is 831 g/mol. The summed E-state index contributed by atoms with van der Waals surface area (Å²) in [4.78, 5) is 38.0. The summed E-state index contributed by atoms with van der Waals surface area (Å²) in [7, 11) is 0. The van der Waals surface area contributed by atoms with Gasteiger partial charge in [-0.25, -0.2) is 0 Å². The molecule has 368 valence electrons. The van der Waals surface area contributed by atoms with E-state index in [2.05, 4.69) is 56.6 Å². The minimum absolute atomic E-state index is 0.00441. The Morgan fingerprint density at radius 1 is 0.859 bits per heavy atom. The van der Waals surface area contributed by atoms with Crippen molar-refractivity contribution < 1.29 is 69.4 Å². The zero-order chi connectivity index (χ0) is 46.9. The molecule has 5 rings (SSSR count). The maximum Gasteiger partial charge on any atom is 0.306 e. The summed E-state index contributed by atoms with van der Waals surface area (Å²) in [6, 6.07) is 0. The van der Waals surface area contributed by atoms with Crippen LogP contribution in [0, 0.1) is 46.3 Å². The van der Waals surface area contributed by atoms with Gasteiger partial charge in [0.05, 0.1) is 19.6 Å². The molecule has 5 aliphatic rings. The Balaban J connectivity index is 0.958. The number of aliphatic hydroxyl groups is 8. The van der Waals surface area contributed by atoms with Gasteiger partial charge >= 0.3 is 5.97 Å². The van der Waals surface area contributed by atoms with Crippen molar-refractivity contribution in [2.75, 3.05) is 39.4 Å². The van der Waals surface area contributed by atoms with Crippen molar-refractivity contribution >= 4 is 17.8 Å². The van der Waals surface area contributed by atoms with Gasteiger partial charge in [-0.1, -0.05) is 65.5 Å². The SMILES string of the molecule is CC(C)CCC[C@H](C)[C@@H]1CC[C@@H]2[C@H]3CC=C4CC(OC(=O)CCC(=O)NCCNCCNC(=O)C(O)C(O)C(O[C@@H]5OC(CO)[C@H](O)C(O)C5O)C(O)CO)CC[C@@]4(C)[C@@H]3CC[C@]21C. The number of rotatable bonds is 23. The van der Waals surface area contributed by atoms with E-state index in [0.29, 0.717) is 17.9 Å². The van der Waals surface area contributed by atoms with Crippen LogP contribution in [0.4, 0.5) is 0 Å². The number of aliphatic hydroxyl groups excluding tert-OH is 8. The van der Waals surface area contributed by atoms with Gasteiger partial charge in [0.15, 0.2) is 12.4 Å². The van der Waals surface area contributed by atoms with Crippen LogP contribution < -0.4 is 16.0 Å². The lowest BCUT2D eigenvalue weighted by atomic mass is 9.47. The van der Waals surface area contributed by atoms with Crippen LogP contribution in [-0.2, 0) is 28.6 Å². The quantitative estimate of drug-likeness (QED) is 0.0385. The van der Waals surface area contributed by atoms with Crippen molar-refractivity contribution in [1.29, 1.82) is 0 Å². The van der Waals surface area contributed by atoms with E-state index in [9.17, 15) is 55.2 Å². The van der Waals surface area contributed by atoms with E-state index in [1.807, 2.05) is 0 Å². The van der Waals surface area contributed by atoms with Crippen molar-refractivity contribution in [2.24, 2.45) is 46.3 Å². The average molecular weight is 912 g/mol. The van der Waals surface area contributed by atoms with Gasteiger partial charge in [0, 0.05) is 39.0 Å². The number of carbonyl (C=O) groups is 3. The van der Waals surface area contributed by atoms with Crippen molar-refractivity contribution in [3.8, 4) is 0 Å². The second-order valence-electron chi connectivity index (χ2n) is 20.5. The van der Waals surface area contributed by atoms with E-state index in [-0.39, 0.29) is 55.9 Å². The molecule has 0 aromatic carbocycles. The predicted octanol–water partition coefficient (Wildman–Crippen LogP) is 0.802. The Labute approximate surface area is 379 Å². The van der Waals surface area contributed by atoms with E-state index in [1.165, 1.54) is 50.5 Å². The van der Waals surface area contributed by atoms with Gasteiger partial charge in [0.2, 0.25) is 5.91 Å². The number of hydrogen-bond donors (Lipinski definition) is 11.